The van der Waals surface area contributed by atoms with Gasteiger partial charge in [0.15, 0.2) is 0 Å². The third-order valence-electron chi connectivity index (χ3n) is 0.614. The van der Waals surface area contributed by atoms with Crippen LogP contribution < -0.4 is 11.4 Å². The van der Waals surface area contributed by atoms with Gasteiger partial charge in [-0.25, -0.2) is 9.59 Å². The van der Waals surface area contributed by atoms with E-state index in [1.54, 1.807) is 0 Å². The molecule has 4 nitrogen and oxygen atoms in total. The van der Waals surface area contributed by atoms with Crippen LogP contribution >= 0.6 is 0 Å². The molecule has 1 aromatic rings. The summed E-state index contributed by atoms with van der Waals surface area (Å²) in [7, 11) is 0. The number of hydrogen-bond acceptors (Lipinski definition) is 3. The topological polar surface area (TPSA) is 63.1 Å². The highest BCUT2D eigenvalue weighted by Crippen LogP contribution is 1.56. The zero-order valence-corrected chi connectivity index (χ0v) is 7.88. The van der Waals surface area contributed by atoms with Crippen LogP contribution in [0.1, 0.15) is 27.7 Å². The van der Waals surface area contributed by atoms with Crippen LogP contribution in [-0.4, -0.2) is 4.98 Å². The third-order valence-corrected chi connectivity index (χ3v) is 0.614. The van der Waals surface area contributed by atoms with Gasteiger partial charge in [-0.1, -0.05) is 27.7 Å². The van der Waals surface area contributed by atoms with Gasteiger partial charge in [0, 0.05) is 12.3 Å². The van der Waals surface area contributed by atoms with Gasteiger partial charge in [-0.05, 0) is 0 Å². The van der Waals surface area contributed by atoms with E-state index in [0.29, 0.717) is 0 Å². The fraction of sp³-hybridized carbons (Fsp3) is 0.500. The predicted octanol–water partition coefficient (Wildman–Crippen LogP) is 1.38. The van der Waals surface area contributed by atoms with Crippen molar-refractivity contribution in [3.8, 4) is 0 Å². The standard InChI is InChI=1S/C4H3NO3.2C2H6/c6-3-1-2-5-4(7)8-3;2*1-2/h1-2H,(H,5,7);2*1-2H3. The summed E-state index contributed by atoms with van der Waals surface area (Å²) in [5.74, 6) is -0.725. The van der Waals surface area contributed by atoms with Gasteiger partial charge in [-0.15, -0.1) is 0 Å². The Morgan fingerprint density at radius 3 is 1.92 bits per heavy atom. The second kappa shape index (κ2) is 9.68. The fourth-order valence-corrected chi connectivity index (χ4v) is 0.333. The van der Waals surface area contributed by atoms with Crippen molar-refractivity contribution in [3.05, 3.63) is 33.2 Å². The predicted molar refractivity (Wildman–Crippen MR) is 48.3 cm³/mol. The first-order valence-corrected chi connectivity index (χ1v) is 3.98. The molecule has 1 N–H and O–H groups in total. The number of aromatic amines is 1. The molecule has 0 fully saturated rings. The van der Waals surface area contributed by atoms with Gasteiger partial charge in [0.05, 0.1) is 0 Å². The molecule has 0 radical (unpaired) electrons. The molecule has 0 atom stereocenters. The van der Waals surface area contributed by atoms with Crippen molar-refractivity contribution < 1.29 is 4.42 Å². The van der Waals surface area contributed by atoms with Crippen molar-refractivity contribution >= 4 is 0 Å². The number of hydrogen-bond donors (Lipinski definition) is 1. The largest absolute Gasteiger partial charge is 0.419 e. The van der Waals surface area contributed by atoms with E-state index < -0.39 is 11.4 Å². The third kappa shape index (κ3) is 6.80. The van der Waals surface area contributed by atoms with Crippen LogP contribution in [0.2, 0.25) is 0 Å². The first-order chi connectivity index (χ1) is 5.79. The summed E-state index contributed by atoms with van der Waals surface area (Å²) < 4.78 is 4.01. The fourth-order valence-electron chi connectivity index (χ4n) is 0.333. The number of aromatic nitrogens is 1. The Hall–Kier alpha value is -1.32. The average molecular weight is 173 g/mol. The Morgan fingerprint density at radius 1 is 1.17 bits per heavy atom. The molecule has 0 unspecified atom stereocenters. The molecule has 0 saturated carbocycles. The first-order valence-electron chi connectivity index (χ1n) is 3.98. The lowest BCUT2D eigenvalue weighted by Crippen LogP contribution is -2.10. The lowest BCUT2D eigenvalue weighted by molar-refractivity contribution is 0.449. The van der Waals surface area contributed by atoms with Gasteiger partial charge in [0.25, 0.3) is 0 Å². The molecule has 0 saturated heterocycles. The highest BCUT2D eigenvalue weighted by atomic mass is 16.4. The van der Waals surface area contributed by atoms with Crippen LogP contribution in [0, 0.1) is 0 Å². The van der Waals surface area contributed by atoms with Gasteiger partial charge in [0.1, 0.15) is 0 Å². The van der Waals surface area contributed by atoms with Gasteiger partial charge in [-0.3, -0.25) is 4.98 Å². The Labute approximate surface area is 71.3 Å². The van der Waals surface area contributed by atoms with Crippen LogP contribution in [0.25, 0.3) is 0 Å². The van der Waals surface area contributed by atoms with E-state index in [4.69, 9.17) is 0 Å². The maximum Gasteiger partial charge on any atom is 0.419 e. The Morgan fingerprint density at radius 2 is 1.67 bits per heavy atom. The highest BCUT2D eigenvalue weighted by Gasteiger charge is 1.81. The minimum absolute atomic E-state index is 0.631. The molecule has 1 aromatic heterocycles. The van der Waals surface area contributed by atoms with Gasteiger partial charge < -0.3 is 4.42 Å². The molecular weight excluding hydrogens is 158 g/mol. The molecule has 0 aromatic carbocycles. The SMILES string of the molecule is CC.CC.O=c1cc[nH]c(=O)o1. The summed E-state index contributed by atoms with van der Waals surface area (Å²) in [5.41, 5.74) is -0.631. The smallest absolute Gasteiger partial charge is 0.373 e. The Kier molecular flexibility index (Phi) is 10.7. The second-order valence-electron chi connectivity index (χ2n) is 1.19. The molecule has 0 aliphatic rings. The summed E-state index contributed by atoms with van der Waals surface area (Å²) in [6.45, 7) is 8.00. The molecule has 0 amide bonds. The van der Waals surface area contributed by atoms with E-state index >= 15 is 0 Å². The molecule has 1 heterocycles. The van der Waals surface area contributed by atoms with Crippen molar-refractivity contribution in [2.45, 2.75) is 27.7 Å². The van der Waals surface area contributed by atoms with Gasteiger partial charge in [-0.2, -0.15) is 0 Å². The summed E-state index contributed by atoms with van der Waals surface area (Å²) in [5, 5.41) is 0. The van der Waals surface area contributed by atoms with Crippen molar-refractivity contribution in [2.24, 2.45) is 0 Å². The zero-order chi connectivity index (χ0) is 9.98. The molecule has 0 aliphatic carbocycles. The quantitative estimate of drug-likeness (QED) is 0.644. The van der Waals surface area contributed by atoms with E-state index in [1.165, 1.54) is 6.20 Å². The van der Waals surface area contributed by atoms with Crippen molar-refractivity contribution in [1.29, 1.82) is 0 Å². The lowest BCUT2D eigenvalue weighted by atomic mass is 10.7. The molecule has 0 spiro atoms. The van der Waals surface area contributed by atoms with Gasteiger partial charge in [0.2, 0.25) is 0 Å². The highest BCUT2D eigenvalue weighted by molar-refractivity contribution is 4.72. The molecule has 4 heteroatoms. The molecule has 0 bridgehead atoms. The average Bonchev–Trinajstić information content (AvgIpc) is 2.11. The molecule has 1 rings (SSSR count). The van der Waals surface area contributed by atoms with Crippen LogP contribution in [0.3, 0.4) is 0 Å². The van der Waals surface area contributed by atoms with E-state index in [0.717, 1.165) is 6.07 Å². The van der Waals surface area contributed by atoms with Crippen molar-refractivity contribution in [2.75, 3.05) is 0 Å². The summed E-state index contributed by atoms with van der Waals surface area (Å²) in [6.07, 6.45) is 1.23. The lowest BCUT2D eigenvalue weighted by Gasteiger charge is -1.74. The summed E-state index contributed by atoms with van der Waals surface area (Å²) in [6, 6.07) is 1.13. The molecular formula is C8H15NO3. The molecule has 70 valence electrons. The molecule has 0 aliphatic heterocycles. The maximum absolute atomic E-state index is 10.1. The van der Waals surface area contributed by atoms with Crippen molar-refractivity contribution in [1.82, 2.24) is 4.98 Å². The summed E-state index contributed by atoms with van der Waals surface area (Å²) in [4.78, 5) is 22.3. The zero-order valence-electron chi connectivity index (χ0n) is 7.88. The minimum Gasteiger partial charge on any atom is -0.373 e. The maximum atomic E-state index is 10.1. The van der Waals surface area contributed by atoms with Crippen LogP contribution in [-0.2, 0) is 0 Å². The van der Waals surface area contributed by atoms with Crippen molar-refractivity contribution in [3.63, 3.8) is 0 Å². The first kappa shape index (κ1) is 13.3. The van der Waals surface area contributed by atoms with Crippen LogP contribution in [0.4, 0.5) is 0 Å². The Bertz CT molecular complexity index is 249. The van der Waals surface area contributed by atoms with Crippen LogP contribution in [0.15, 0.2) is 26.3 Å². The summed E-state index contributed by atoms with van der Waals surface area (Å²) >= 11 is 0. The minimum atomic E-state index is -0.725. The number of rotatable bonds is 0. The van der Waals surface area contributed by atoms with Gasteiger partial charge >= 0.3 is 11.4 Å². The molecule has 12 heavy (non-hydrogen) atoms. The monoisotopic (exact) mass is 173 g/mol. The normalized spacial score (nSPS) is 7.00. The van der Waals surface area contributed by atoms with Crippen LogP contribution in [0.5, 0.6) is 0 Å². The van der Waals surface area contributed by atoms with E-state index in [-0.39, 0.29) is 0 Å². The number of H-pyrrole nitrogens is 1. The Balaban J connectivity index is 0. The van der Waals surface area contributed by atoms with E-state index in [1.807, 2.05) is 27.7 Å². The van der Waals surface area contributed by atoms with E-state index in [9.17, 15) is 9.59 Å². The second-order valence-corrected chi connectivity index (χ2v) is 1.19. The number of nitrogens with one attached hydrogen (secondary N) is 1. The van der Waals surface area contributed by atoms with E-state index in [2.05, 4.69) is 9.40 Å².